The van der Waals surface area contributed by atoms with Gasteiger partial charge in [-0.05, 0) is 36.6 Å². The Bertz CT molecular complexity index is 570. The quantitative estimate of drug-likeness (QED) is 0.713. The topological polar surface area (TPSA) is 9.23 Å². The number of aryl methyl sites for hydroxylation is 2. The van der Waals surface area contributed by atoms with E-state index in [9.17, 15) is 0 Å². The third-order valence-electron chi connectivity index (χ3n) is 3.26. The molecule has 0 unspecified atom stereocenters. The summed E-state index contributed by atoms with van der Waals surface area (Å²) in [5, 5.41) is 0. The van der Waals surface area contributed by atoms with Crippen LogP contribution < -0.4 is 4.74 Å². The van der Waals surface area contributed by atoms with E-state index in [2.05, 4.69) is 50.2 Å². The van der Waals surface area contributed by atoms with Gasteiger partial charge in [-0.1, -0.05) is 35.9 Å². The molecule has 0 amide bonds. The summed E-state index contributed by atoms with van der Waals surface area (Å²) in [6.07, 6.45) is 1.04. The number of rotatable bonds is 1. The highest BCUT2D eigenvalue weighted by Gasteiger charge is 2.17. The predicted molar refractivity (Wildman–Crippen MR) is 70.6 cm³/mol. The largest absolute Gasteiger partial charge is 0.492 e. The minimum absolute atomic E-state index is 0.817. The molecule has 0 radical (unpaired) electrons. The van der Waals surface area contributed by atoms with Crippen molar-refractivity contribution in [1.29, 1.82) is 0 Å². The Morgan fingerprint density at radius 3 is 2.71 bits per heavy atom. The molecular formula is C16H16O. The molecule has 1 aliphatic heterocycles. The predicted octanol–water partition coefficient (Wildman–Crippen LogP) is 3.91. The van der Waals surface area contributed by atoms with Crippen molar-refractivity contribution in [3.8, 4) is 16.9 Å². The maximum atomic E-state index is 5.78. The molecule has 0 N–H and O–H groups in total. The van der Waals surface area contributed by atoms with Crippen molar-refractivity contribution >= 4 is 0 Å². The van der Waals surface area contributed by atoms with Crippen LogP contribution in [0.3, 0.4) is 0 Å². The van der Waals surface area contributed by atoms with Gasteiger partial charge in [-0.15, -0.1) is 0 Å². The van der Waals surface area contributed by atoms with Crippen molar-refractivity contribution in [2.24, 2.45) is 0 Å². The van der Waals surface area contributed by atoms with Crippen molar-refractivity contribution in [2.75, 3.05) is 6.61 Å². The van der Waals surface area contributed by atoms with Gasteiger partial charge in [-0.2, -0.15) is 0 Å². The fourth-order valence-electron chi connectivity index (χ4n) is 2.49. The number of hydrogen-bond acceptors (Lipinski definition) is 1. The van der Waals surface area contributed by atoms with Gasteiger partial charge in [0.2, 0.25) is 0 Å². The second kappa shape index (κ2) is 3.92. The van der Waals surface area contributed by atoms with Gasteiger partial charge >= 0.3 is 0 Å². The normalized spacial score (nSPS) is 13.3. The number of fused-ring (bicyclic) bond motifs is 1. The van der Waals surface area contributed by atoms with Crippen LogP contribution in [0.2, 0.25) is 0 Å². The van der Waals surface area contributed by atoms with Gasteiger partial charge in [0.05, 0.1) is 6.61 Å². The molecule has 0 spiro atoms. The average Bonchev–Trinajstić information content (AvgIpc) is 2.75. The van der Waals surface area contributed by atoms with Crippen LogP contribution in [-0.2, 0) is 6.42 Å². The Morgan fingerprint density at radius 2 is 1.88 bits per heavy atom. The molecular weight excluding hydrogens is 208 g/mol. The van der Waals surface area contributed by atoms with Crippen LogP contribution in [0.25, 0.3) is 11.1 Å². The smallest absolute Gasteiger partial charge is 0.130 e. The van der Waals surface area contributed by atoms with Crippen LogP contribution in [0.15, 0.2) is 36.4 Å². The van der Waals surface area contributed by atoms with E-state index in [1.54, 1.807) is 0 Å². The van der Waals surface area contributed by atoms with Crippen LogP contribution in [0, 0.1) is 13.8 Å². The van der Waals surface area contributed by atoms with Crippen molar-refractivity contribution < 1.29 is 4.74 Å². The SMILES string of the molecule is Cc1cccc(-c2cc(C)cc3c2OCC3)c1. The molecule has 1 nitrogen and oxygen atoms in total. The fourth-order valence-corrected chi connectivity index (χ4v) is 2.49. The first-order chi connectivity index (χ1) is 8.24. The lowest BCUT2D eigenvalue weighted by Crippen LogP contribution is -1.89. The molecule has 0 aromatic heterocycles. The molecule has 0 atom stereocenters. The van der Waals surface area contributed by atoms with Crippen LogP contribution in [0.1, 0.15) is 16.7 Å². The zero-order valence-electron chi connectivity index (χ0n) is 10.3. The van der Waals surface area contributed by atoms with Crippen molar-refractivity contribution in [3.63, 3.8) is 0 Å². The van der Waals surface area contributed by atoms with Gasteiger partial charge in [0.15, 0.2) is 0 Å². The molecule has 0 fully saturated rings. The molecule has 0 aliphatic carbocycles. The molecule has 1 heteroatoms. The van der Waals surface area contributed by atoms with Gasteiger partial charge in [-0.3, -0.25) is 0 Å². The second-order valence-corrected chi connectivity index (χ2v) is 4.77. The zero-order chi connectivity index (χ0) is 11.8. The summed E-state index contributed by atoms with van der Waals surface area (Å²) < 4.78 is 5.78. The van der Waals surface area contributed by atoms with Gasteiger partial charge < -0.3 is 4.74 Å². The van der Waals surface area contributed by atoms with E-state index in [1.165, 1.54) is 27.8 Å². The first kappa shape index (κ1) is 10.4. The second-order valence-electron chi connectivity index (χ2n) is 4.77. The molecule has 0 saturated carbocycles. The van der Waals surface area contributed by atoms with E-state index in [-0.39, 0.29) is 0 Å². The Morgan fingerprint density at radius 1 is 1.00 bits per heavy atom. The fraction of sp³-hybridized carbons (Fsp3) is 0.250. The van der Waals surface area contributed by atoms with E-state index in [4.69, 9.17) is 4.74 Å². The molecule has 2 aromatic carbocycles. The molecule has 3 rings (SSSR count). The first-order valence-corrected chi connectivity index (χ1v) is 6.07. The van der Waals surface area contributed by atoms with Gasteiger partial charge in [0.25, 0.3) is 0 Å². The van der Waals surface area contributed by atoms with Crippen LogP contribution in [0.4, 0.5) is 0 Å². The standard InChI is InChI=1S/C16H16O/c1-11-4-3-5-13(8-11)15-10-12(2)9-14-6-7-17-16(14)15/h3-5,8-10H,6-7H2,1-2H3. The molecule has 86 valence electrons. The van der Waals surface area contributed by atoms with Crippen LogP contribution in [-0.4, -0.2) is 6.61 Å². The summed E-state index contributed by atoms with van der Waals surface area (Å²) in [4.78, 5) is 0. The van der Waals surface area contributed by atoms with Gasteiger partial charge in [0, 0.05) is 12.0 Å². The Labute approximate surface area is 102 Å². The Hall–Kier alpha value is -1.76. The third kappa shape index (κ3) is 1.82. The Kier molecular flexibility index (Phi) is 2.40. The van der Waals surface area contributed by atoms with E-state index in [0.29, 0.717) is 0 Å². The van der Waals surface area contributed by atoms with Crippen molar-refractivity contribution in [2.45, 2.75) is 20.3 Å². The lowest BCUT2D eigenvalue weighted by Gasteiger charge is -2.10. The number of hydrogen-bond donors (Lipinski definition) is 0. The minimum Gasteiger partial charge on any atom is -0.492 e. The summed E-state index contributed by atoms with van der Waals surface area (Å²) >= 11 is 0. The van der Waals surface area contributed by atoms with E-state index in [1.807, 2.05) is 0 Å². The summed E-state index contributed by atoms with van der Waals surface area (Å²) in [6.45, 7) is 5.09. The van der Waals surface area contributed by atoms with Crippen LogP contribution >= 0.6 is 0 Å². The number of benzene rings is 2. The highest BCUT2D eigenvalue weighted by Crippen LogP contribution is 2.38. The van der Waals surface area contributed by atoms with E-state index < -0.39 is 0 Å². The first-order valence-electron chi connectivity index (χ1n) is 6.07. The molecule has 1 aliphatic rings. The van der Waals surface area contributed by atoms with Crippen molar-refractivity contribution in [1.82, 2.24) is 0 Å². The summed E-state index contributed by atoms with van der Waals surface area (Å²) in [5.41, 5.74) is 6.44. The zero-order valence-corrected chi connectivity index (χ0v) is 10.3. The minimum atomic E-state index is 0.817. The maximum absolute atomic E-state index is 5.78. The van der Waals surface area contributed by atoms with Crippen LogP contribution in [0.5, 0.6) is 5.75 Å². The maximum Gasteiger partial charge on any atom is 0.130 e. The molecule has 17 heavy (non-hydrogen) atoms. The van der Waals surface area contributed by atoms with Gasteiger partial charge in [-0.25, -0.2) is 0 Å². The lowest BCUT2D eigenvalue weighted by atomic mass is 9.97. The highest BCUT2D eigenvalue weighted by molar-refractivity contribution is 5.74. The average molecular weight is 224 g/mol. The monoisotopic (exact) mass is 224 g/mol. The molecule has 1 heterocycles. The summed E-state index contributed by atoms with van der Waals surface area (Å²) in [7, 11) is 0. The third-order valence-corrected chi connectivity index (χ3v) is 3.26. The van der Waals surface area contributed by atoms with Crippen molar-refractivity contribution in [3.05, 3.63) is 53.1 Å². The highest BCUT2D eigenvalue weighted by atomic mass is 16.5. The Balaban J connectivity index is 2.21. The molecule has 2 aromatic rings. The lowest BCUT2D eigenvalue weighted by molar-refractivity contribution is 0.358. The summed E-state index contributed by atoms with van der Waals surface area (Å²) in [6, 6.07) is 13.1. The van der Waals surface area contributed by atoms with E-state index >= 15 is 0 Å². The van der Waals surface area contributed by atoms with Gasteiger partial charge in [0.1, 0.15) is 5.75 Å². The number of ether oxygens (including phenoxy) is 1. The van der Waals surface area contributed by atoms with E-state index in [0.717, 1.165) is 18.8 Å². The summed E-state index contributed by atoms with van der Waals surface area (Å²) in [5.74, 6) is 1.08. The molecule has 0 bridgehead atoms. The molecule has 0 saturated heterocycles.